The van der Waals surface area contributed by atoms with Crippen LogP contribution in [0.25, 0.3) is 0 Å². The van der Waals surface area contributed by atoms with Gasteiger partial charge < -0.3 is 20.1 Å². The normalized spacial score (nSPS) is 23.6. The summed E-state index contributed by atoms with van der Waals surface area (Å²) in [5, 5.41) is 13.2. The zero-order valence-corrected chi connectivity index (χ0v) is 18.4. The molecule has 1 unspecified atom stereocenters. The maximum absolute atomic E-state index is 9.82. The number of likely N-dealkylation sites (tertiary alicyclic amines) is 1. The van der Waals surface area contributed by atoms with Crippen LogP contribution in [-0.4, -0.2) is 85.5 Å². The number of morpholine rings is 1. The summed E-state index contributed by atoms with van der Waals surface area (Å²) >= 11 is 0. The third-order valence-electron chi connectivity index (χ3n) is 5.33. The summed E-state index contributed by atoms with van der Waals surface area (Å²) in [4.78, 5) is 9.71. The van der Waals surface area contributed by atoms with Gasteiger partial charge in [-0.2, -0.15) is 0 Å². The average Bonchev–Trinajstić information content (AvgIpc) is 3.04. The molecule has 2 rings (SSSR count). The van der Waals surface area contributed by atoms with Crippen molar-refractivity contribution in [2.24, 2.45) is 10.9 Å². The van der Waals surface area contributed by atoms with E-state index in [0.29, 0.717) is 18.5 Å². The van der Waals surface area contributed by atoms with Crippen molar-refractivity contribution in [3.63, 3.8) is 0 Å². The molecule has 2 aliphatic rings. The highest BCUT2D eigenvalue weighted by atomic mass is 127. The predicted molar refractivity (Wildman–Crippen MR) is 114 cm³/mol. The van der Waals surface area contributed by atoms with Crippen LogP contribution in [0.5, 0.6) is 0 Å². The van der Waals surface area contributed by atoms with Crippen LogP contribution in [0.15, 0.2) is 4.99 Å². The molecule has 0 aromatic rings. The third-order valence-corrected chi connectivity index (χ3v) is 5.33. The highest BCUT2D eigenvalue weighted by Gasteiger charge is 2.28. The molecule has 0 amide bonds. The van der Waals surface area contributed by atoms with Crippen LogP contribution >= 0.6 is 24.0 Å². The number of aliphatic hydroxyl groups excluding tert-OH is 1. The SMILES string of the molecule is CCNC(=NCC(C(CC)CC)N1CCOCC1)N1CC[C@@H](O)C1.I. The van der Waals surface area contributed by atoms with Crippen molar-refractivity contribution in [1.82, 2.24) is 15.1 Å². The van der Waals surface area contributed by atoms with Crippen LogP contribution in [0.4, 0.5) is 0 Å². The summed E-state index contributed by atoms with van der Waals surface area (Å²) in [6.45, 7) is 13.6. The quantitative estimate of drug-likeness (QED) is 0.339. The number of nitrogens with one attached hydrogen (secondary N) is 1. The Morgan fingerprint density at radius 2 is 1.88 bits per heavy atom. The van der Waals surface area contributed by atoms with Gasteiger partial charge in [0, 0.05) is 38.8 Å². The molecule has 0 aromatic heterocycles. The van der Waals surface area contributed by atoms with E-state index >= 15 is 0 Å². The van der Waals surface area contributed by atoms with Crippen LogP contribution in [0.3, 0.4) is 0 Å². The molecule has 0 saturated carbocycles. The van der Waals surface area contributed by atoms with Gasteiger partial charge in [-0.15, -0.1) is 24.0 Å². The first-order valence-corrected chi connectivity index (χ1v) is 9.72. The van der Waals surface area contributed by atoms with Crippen LogP contribution < -0.4 is 5.32 Å². The molecule has 0 bridgehead atoms. The van der Waals surface area contributed by atoms with Gasteiger partial charge in [0.15, 0.2) is 5.96 Å². The number of halogens is 1. The van der Waals surface area contributed by atoms with Gasteiger partial charge in [0.1, 0.15) is 0 Å². The lowest BCUT2D eigenvalue weighted by molar-refractivity contribution is 0.00390. The first-order valence-electron chi connectivity index (χ1n) is 9.72. The number of β-amino-alcohol motifs (C(OH)–C–C–N with tert-alkyl or cyclic N) is 1. The molecule has 6 nitrogen and oxygen atoms in total. The van der Waals surface area contributed by atoms with E-state index in [1.165, 1.54) is 12.8 Å². The molecular weight excluding hydrogens is 431 g/mol. The highest BCUT2D eigenvalue weighted by Crippen LogP contribution is 2.21. The van der Waals surface area contributed by atoms with Crippen LogP contribution in [-0.2, 0) is 4.74 Å². The summed E-state index contributed by atoms with van der Waals surface area (Å²) in [5.74, 6) is 1.62. The molecule has 7 heteroatoms. The monoisotopic (exact) mass is 468 g/mol. The number of guanidine groups is 1. The first-order chi connectivity index (χ1) is 11.7. The van der Waals surface area contributed by atoms with Crippen molar-refractivity contribution in [2.75, 3.05) is 52.5 Å². The van der Waals surface area contributed by atoms with Gasteiger partial charge in [0.2, 0.25) is 0 Å². The zero-order chi connectivity index (χ0) is 17.4. The fraction of sp³-hybridized carbons (Fsp3) is 0.944. The Balaban J connectivity index is 0.00000312. The number of ether oxygens (including phenoxy) is 1. The topological polar surface area (TPSA) is 60.3 Å². The summed E-state index contributed by atoms with van der Waals surface area (Å²) in [5.41, 5.74) is 0. The molecule has 2 saturated heterocycles. The fourth-order valence-electron chi connectivity index (χ4n) is 3.84. The molecule has 0 spiro atoms. The van der Waals surface area contributed by atoms with E-state index in [2.05, 4.69) is 35.9 Å². The number of rotatable bonds is 7. The van der Waals surface area contributed by atoms with Crippen molar-refractivity contribution in [3.8, 4) is 0 Å². The van der Waals surface area contributed by atoms with Crippen LogP contribution in [0, 0.1) is 5.92 Å². The number of nitrogens with zero attached hydrogens (tertiary/aromatic N) is 3. The van der Waals surface area contributed by atoms with E-state index in [0.717, 1.165) is 58.3 Å². The Hall–Kier alpha value is -0.120. The molecule has 2 heterocycles. The van der Waals surface area contributed by atoms with Crippen molar-refractivity contribution < 1.29 is 9.84 Å². The van der Waals surface area contributed by atoms with Crippen molar-refractivity contribution in [3.05, 3.63) is 0 Å². The lowest BCUT2D eigenvalue weighted by Gasteiger charge is -2.38. The van der Waals surface area contributed by atoms with E-state index < -0.39 is 0 Å². The predicted octanol–water partition coefficient (Wildman–Crippen LogP) is 1.77. The molecule has 2 aliphatic heterocycles. The molecule has 0 aliphatic carbocycles. The number of aliphatic hydroxyl groups is 1. The number of aliphatic imine (C=N–C) groups is 1. The maximum atomic E-state index is 9.82. The van der Waals surface area contributed by atoms with Gasteiger partial charge in [-0.05, 0) is 19.3 Å². The Labute approximate surface area is 170 Å². The highest BCUT2D eigenvalue weighted by molar-refractivity contribution is 14.0. The Morgan fingerprint density at radius 1 is 1.20 bits per heavy atom. The van der Waals surface area contributed by atoms with Crippen molar-refractivity contribution in [2.45, 2.75) is 52.2 Å². The minimum atomic E-state index is -0.220. The molecule has 148 valence electrons. The van der Waals surface area contributed by atoms with Crippen molar-refractivity contribution >= 4 is 29.9 Å². The second-order valence-corrected chi connectivity index (χ2v) is 6.88. The summed E-state index contributed by atoms with van der Waals surface area (Å²) in [6.07, 6.45) is 2.99. The van der Waals surface area contributed by atoms with Crippen LogP contribution in [0.2, 0.25) is 0 Å². The van der Waals surface area contributed by atoms with Gasteiger partial charge in [-0.1, -0.05) is 26.7 Å². The first kappa shape index (κ1) is 22.9. The third kappa shape index (κ3) is 6.84. The number of hydrogen-bond donors (Lipinski definition) is 2. The summed E-state index contributed by atoms with van der Waals surface area (Å²) in [7, 11) is 0. The van der Waals surface area contributed by atoms with Crippen LogP contribution in [0.1, 0.15) is 40.0 Å². The van der Waals surface area contributed by atoms with E-state index in [-0.39, 0.29) is 30.1 Å². The van der Waals surface area contributed by atoms with Crippen molar-refractivity contribution in [1.29, 1.82) is 0 Å². The Kier molecular flexibility index (Phi) is 11.3. The molecular formula is C18H37IN4O2. The van der Waals surface area contributed by atoms with Gasteiger partial charge in [0.25, 0.3) is 0 Å². The second-order valence-electron chi connectivity index (χ2n) is 6.88. The van der Waals surface area contributed by atoms with E-state index in [1.807, 2.05) is 0 Å². The Bertz CT molecular complexity index is 387. The van der Waals surface area contributed by atoms with Gasteiger partial charge in [-0.3, -0.25) is 9.89 Å². The van der Waals surface area contributed by atoms with E-state index in [1.54, 1.807) is 0 Å². The summed E-state index contributed by atoms with van der Waals surface area (Å²) < 4.78 is 5.53. The van der Waals surface area contributed by atoms with E-state index in [9.17, 15) is 5.11 Å². The zero-order valence-electron chi connectivity index (χ0n) is 16.1. The molecule has 0 aromatic carbocycles. The minimum Gasteiger partial charge on any atom is -0.391 e. The van der Waals surface area contributed by atoms with Gasteiger partial charge >= 0.3 is 0 Å². The number of hydrogen-bond acceptors (Lipinski definition) is 4. The lowest BCUT2D eigenvalue weighted by atomic mass is 9.92. The lowest BCUT2D eigenvalue weighted by Crippen LogP contribution is -2.49. The minimum absolute atomic E-state index is 0. The Morgan fingerprint density at radius 3 is 2.40 bits per heavy atom. The second kappa shape index (κ2) is 12.3. The largest absolute Gasteiger partial charge is 0.391 e. The summed E-state index contributed by atoms with van der Waals surface area (Å²) in [6, 6.07) is 0.477. The molecule has 25 heavy (non-hydrogen) atoms. The molecule has 0 radical (unpaired) electrons. The van der Waals surface area contributed by atoms with Gasteiger partial charge in [-0.25, -0.2) is 0 Å². The smallest absolute Gasteiger partial charge is 0.194 e. The molecule has 2 fully saturated rings. The maximum Gasteiger partial charge on any atom is 0.194 e. The standard InChI is InChI=1S/C18H36N4O2.HI/c1-4-15(5-2)17(21-9-11-24-12-10-21)13-20-18(19-6-3)22-8-7-16(23)14-22;/h15-17,23H,4-14H2,1-3H3,(H,19,20);1H/t16-,17?;/m1./s1. The average molecular weight is 468 g/mol. The molecule has 2 atom stereocenters. The van der Waals surface area contributed by atoms with Gasteiger partial charge in [0.05, 0.1) is 25.9 Å². The fourth-order valence-corrected chi connectivity index (χ4v) is 3.84. The van der Waals surface area contributed by atoms with E-state index in [4.69, 9.17) is 9.73 Å². The molecule has 2 N–H and O–H groups in total.